The smallest absolute Gasteiger partial charge is 0.232 e. The van der Waals surface area contributed by atoms with Crippen LogP contribution in [0.4, 0.5) is 0 Å². The first-order valence-electron chi connectivity index (χ1n) is 13.3. The summed E-state index contributed by atoms with van der Waals surface area (Å²) in [5.41, 5.74) is 7.77. The molecule has 5 heteroatoms. The van der Waals surface area contributed by atoms with Crippen LogP contribution in [-0.4, -0.2) is 25.4 Å². The van der Waals surface area contributed by atoms with E-state index in [-0.39, 0.29) is 6.10 Å². The second-order valence-electron chi connectivity index (χ2n) is 10.5. The molecule has 0 amide bonds. The molecule has 0 unspecified atom stereocenters. The SMILES string of the molecule is COc1ccc(-c2cc3c(c(CCc4ccccc4)n2)[Si](C(C)C)(C(C)C)O[C@H]3c2ccccc2)cn1. The second kappa shape index (κ2) is 10.6. The molecule has 1 aliphatic heterocycles. The average Bonchev–Trinajstić information content (AvgIpc) is 3.30. The highest BCUT2D eigenvalue weighted by Crippen LogP contribution is 2.47. The van der Waals surface area contributed by atoms with Crippen molar-refractivity contribution in [2.75, 3.05) is 7.11 Å². The normalized spacial score (nSPS) is 16.2. The zero-order valence-electron chi connectivity index (χ0n) is 22.4. The molecule has 1 aliphatic rings. The van der Waals surface area contributed by atoms with Gasteiger partial charge in [-0.2, -0.15) is 0 Å². The first-order valence-corrected chi connectivity index (χ1v) is 15.3. The number of hydrogen-bond acceptors (Lipinski definition) is 4. The summed E-state index contributed by atoms with van der Waals surface area (Å²) in [6.07, 6.45) is 3.60. The van der Waals surface area contributed by atoms with E-state index in [1.807, 2.05) is 18.3 Å². The van der Waals surface area contributed by atoms with E-state index in [0.717, 1.165) is 24.1 Å². The average molecular weight is 509 g/mol. The summed E-state index contributed by atoms with van der Waals surface area (Å²) in [7, 11) is -0.733. The summed E-state index contributed by atoms with van der Waals surface area (Å²) in [6.45, 7) is 9.36. The fourth-order valence-corrected chi connectivity index (χ4v) is 11.0. The zero-order chi connectivity index (χ0) is 26.0. The highest BCUT2D eigenvalue weighted by atomic mass is 28.4. The number of rotatable bonds is 8. The Kier molecular flexibility index (Phi) is 7.27. The Bertz CT molecular complexity index is 1330. The van der Waals surface area contributed by atoms with Gasteiger partial charge in [-0.25, -0.2) is 4.98 Å². The maximum atomic E-state index is 7.31. The summed E-state index contributed by atoms with van der Waals surface area (Å²) in [5.74, 6) is 0.603. The number of nitrogens with zero attached hydrogens (tertiary/aromatic N) is 2. The highest BCUT2D eigenvalue weighted by molar-refractivity contribution is 6.90. The van der Waals surface area contributed by atoms with E-state index in [0.29, 0.717) is 17.0 Å². The van der Waals surface area contributed by atoms with Crippen LogP contribution in [-0.2, 0) is 17.3 Å². The quantitative estimate of drug-likeness (QED) is 0.240. The molecule has 0 bridgehead atoms. The van der Waals surface area contributed by atoms with Gasteiger partial charge in [0.25, 0.3) is 0 Å². The van der Waals surface area contributed by atoms with E-state index in [1.54, 1.807) is 7.11 Å². The van der Waals surface area contributed by atoms with Crippen LogP contribution < -0.4 is 9.92 Å². The zero-order valence-corrected chi connectivity index (χ0v) is 23.4. The van der Waals surface area contributed by atoms with Crippen LogP contribution in [0.25, 0.3) is 11.3 Å². The molecule has 190 valence electrons. The van der Waals surface area contributed by atoms with Gasteiger partial charge in [-0.3, -0.25) is 4.98 Å². The Morgan fingerprint density at radius 2 is 1.54 bits per heavy atom. The number of pyridine rings is 2. The summed E-state index contributed by atoms with van der Waals surface area (Å²) in [5, 5.41) is 1.41. The largest absolute Gasteiger partial charge is 0.481 e. The molecule has 0 aliphatic carbocycles. The van der Waals surface area contributed by atoms with E-state index in [9.17, 15) is 0 Å². The monoisotopic (exact) mass is 508 g/mol. The summed E-state index contributed by atoms with van der Waals surface area (Å²) in [4.78, 5) is 9.82. The van der Waals surface area contributed by atoms with E-state index in [2.05, 4.69) is 99.4 Å². The lowest BCUT2D eigenvalue weighted by molar-refractivity contribution is 0.243. The Balaban J connectivity index is 1.72. The van der Waals surface area contributed by atoms with Crippen LogP contribution in [0.2, 0.25) is 11.1 Å². The predicted molar refractivity (Wildman–Crippen MR) is 153 cm³/mol. The lowest BCUT2D eigenvalue weighted by Crippen LogP contribution is -2.54. The van der Waals surface area contributed by atoms with Gasteiger partial charge in [0.2, 0.25) is 14.2 Å². The molecule has 0 spiro atoms. The molecule has 2 aromatic carbocycles. The van der Waals surface area contributed by atoms with Gasteiger partial charge in [0.15, 0.2) is 0 Å². The molecule has 4 nitrogen and oxygen atoms in total. The first-order chi connectivity index (χ1) is 17.9. The minimum absolute atomic E-state index is 0.0869. The van der Waals surface area contributed by atoms with Crippen molar-refractivity contribution in [1.82, 2.24) is 9.97 Å². The molecule has 5 rings (SSSR count). The van der Waals surface area contributed by atoms with Crippen molar-refractivity contribution in [3.63, 3.8) is 0 Å². The molecule has 0 saturated carbocycles. The third kappa shape index (κ3) is 4.74. The fourth-order valence-electron chi connectivity index (χ4n) is 5.88. The number of methoxy groups -OCH3 is 1. The summed E-state index contributed by atoms with van der Waals surface area (Å²) >= 11 is 0. The van der Waals surface area contributed by atoms with Gasteiger partial charge in [0.05, 0.1) is 18.9 Å². The third-order valence-corrected chi connectivity index (χ3v) is 13.1. The molecule has 37 heavy (non-hydrogen) atoms. The second-order valence-corrected chi connectivity index (χ2v) is 15.1. The maximum absolute atomic E-state index is 7.31. The van der Waals surface area contributed by atoms with E-state index in [1.165, 1.54) is 27.6 Å². The van der Waals surface area contributed by atoms with Crippen molar-refractivity contribution >= 4 is 13.5 Å². The van der Waals surface area contributed by atoms with Gasteiger partial charge in [-0.05, 0) is 57.9 Å². The molecule has 1 atom stereocenters. The van der Waals surface area contributed by atoms with Crippen LogP contribution in [0.3, 0.4) is 0 Å². The van der Waals surface area contributed by atoms with Crippen molar-refractivity contribution in [3.05, 3.63) is 107 Å². The van der Waals surface area contributed by atoms with Gasteiger partial charge in [-0.1, -0.05) is 88.4 Å². The third-order valence-electron chi connectivity index (χ3n) is 7.66. The van der Waals surface area contributed by atoms with Crippen LogP contribution >= 0.6 is 0 Å². The van der Waals surface area contributed by atoms with Crippen LogP contribution in [0.1, 0.15) is 56.2 Å². The minimum Gasteiger partial charge on any atom is -0.481 e. The van der Waals surface area contributed by atoms with Crippen molar-refractivity contribution < 1.29 is 9.16 Å². The molecule has 3 heterocycles. The van der Waals surface area contributed by atoms with Crippen molar-refractivity contribution in [3.8, 4) is 17.1 Å². The molecule has 2 aromatic heterocycles. The Morgan fingerprint density at radius 3 is 2.14 bits per heavy atom. The molecule has 0 radical (unpaired) electrons. The lowest BCUT2D eigenvalue weighted by Gasteiger charge is -2.36. The number of benzene rings is 2. The topological polar surface area (TPSA) is 44.2 Å². The predicted octanol–water partition coefficient (Wildman–Crippen LogP) is 7.03. The maximum Gasteiger partial charge on any atom is 0.232 e. The van der Waals surface area contributed by atoms with Crippen LogP contribution in [0, 0.1) is 0 Å². The Labute approximate surface area is 221 Å². The Morgan fingerprint density at radius 1 is 0.865 bits per heavy atom. The van der Waals surface area contributed by atoms with E-state index in [4.69, 9.17) is 14.1 Å². The number of fused-ring (bicyclic) bond motifs is 1. The lowest BCUT2D eigenvalue weighted by atomic mass is 9.98. The molecule has 0 N–H and O–H groups in total. The van der Waals surface area contributed by atoms with Crippen LogP contribution in [0.15, 0.2) is 85.1 Å². The van der Waals surface area contributed by atoms with Gasteiger partial charge in [0.1, 0.15) is 0 Å². The molecular formula is C32H36N2O2Si. The molecule has 4 aromatic rings. The molecule has 0 saturated heterocycles. The van der Waals surface area contributed by atoms with Gasteiger partial charge in [0, 0.05) is 23.5 Å². The summed E-state index contributed by atoms with van der Waals surface area (Å²) in [6, 6.07) is 27.6. The van der Waals surface area contributed by atoms with E-state index >= 15 is 0 Å². The Hall–Kier alpha value is -3.28. The van der Waals surface area contributed by atoms with Crippen molar-refractivity contribution in [2.24, 2.45) is 0 Å². The van der Waals surface area contributed by atoms with Gasteiger partial charge >= 0.3 is 0 Å². The van der Waals surface area contributed by atoms with Crippen LogP contribution in [0.5, 0.6) is 5.88 Å². The summed E-state index contributed by atoms with van der Waals surface area (Å²) < 4.78 is 12.6. The number of ether oxygens (including phenoxy) is 1. The first kappa shape index (κ1) is 25.4. The highest BCUT2D eigenvalue weighted by Gasteiger charge is 2.54. The standard InChI is InChI=1S/C32H36N2O2Si/c1-22(2)37(23(3)4)32-27(31(36-37)25-14-10-7-11-15-25)20-29(26-17-19-30(35-5)33-21-26)34-28(32)18-16-24-12-8-6-9-13-24/h6-15,17,19-23,31H,16,18H2,1-5H3/t31-/m0/s1. The molecule has 0 fully saturated rings. The van der Waals surface area contributed by atoms with Crippen molar-refractivity contribution in [2.45, 2.75) is 57.7 Å². The number of aryl methyl sites for hydroxylation is 2. The minimum atomic E-state index is -2.37. The molecular weight excluding hydrogens is 472 g/mol. The fraction of sp³-hybridized carbons (Fsp3) is 0.312. The number of aromatic nitrogens is 2. The van der Waals surface area contributed by atoms with Gasteiger partial charge < -0.3 is 9.16 Å². The van der Waals surface area contributed by atoms with E-state index < -0.39 is 8.32 Å². The van der Waals surface area contributed by atoms with Crippen molar-refractivity contribution in [1.29, 1.82) is 0 Å². The number of hydrogen-bond donors (Lipinski definition) is 0. The van der Waals surface area contributed by atoms with Gasteiger partial charge in [-0.15, -0.1) is 0 Å².